The Morgan fingerprint density at radius 1 is 1.12 bits per heavy atom. The van der Waals surface area contributed by atoms with Gasteiger partial charge in [-0.25, -0.2) is 4.79 Å². The Balaban J connectivity index is 2.47. The first-order valence-electron chi connectivity index (χ1n) is 4.74. The molecule has 0 heterocycles. The second-order valence-electron chi connectivity index (χ2n) is 3.30. The minimum Gasteiger partial charge on any atom is -0.450 e. The molecule has 2 aromatic rings. The van der Waals surface area contributed by atoms with Crippen LogP contribution < -0.4 is 0 Å². The van der Waals surface area contributed by atoms with E-state index in [1.807, 2.05) is 24.3 Å². The Labute approximate surface area is 91.7 Å². The molecule has 0 fully saturated rings. The van der Waals surface area contributed by atoms with Crippen LogP contribution in [-0.4, -0.2) is 16.4 Å². The molecular formula is C12H10O4. The Bertz CT molecular complexity index is 516. The van der Waals surface area contributed by atoms with Gasteiger partial charge in [0.15, 0.2) is 0 Å². The van der Waals surface area contributed by atoms with Crippen molar-refractivity contribution in [2.75, 3.05) is 0 Å². The molecule has 0 bridgehead atoms. The summed E-state index contributed by atoms with van der Waals surface area (Å²) in [5.41, 5.74) is 0.445. The first-order chi connectivity index (χ1) is 7.68. The van der Waals surface area contributed by atoms with Gasteiger partial charge >= 0.3 is 6.16 Å². The quantitative estimate of drug-likeness (QED) is 0.600. The fourth-order valence-electron chi connectivity index (χ4n) is 1.62. The third-order valence-corrected chi connectivity index (χ3v) is 2.30. The van der Waals surface area contributed by atoms with Crippen molar-refractivity contribution in [1.82, 2.24) is 0 Å². The van der Waals surface area contributed by atoms with Crippen LogP contribution in [0.2, 0.25) is 0 Å². The number of hydrogen-bond donors (Lipinski definition) is 2. The second kappa shape index (κ2) is 4.20. The van der Waals surface area contributed by atoms with Gasteiger partial charge < -0.3 is 14.9 Å². The van der Waals surface area contributed by atoms with E-state index >= 15 is 0 Å². The zero-order valence-electron chi connectivity index (χ0n) is 8.33. The van der Waals surface area contributed by atoms with Crippen molar-refractivity contribution in [3.8, 4) is 0 Å². The van der Waals surface area contributed by atoms with E-state index in [-0.39, 0.29) is 0 Å². The number of ether oxygens (including phenoxy) is 1. The van der Waals surface area contributed by atoms with E-state index in [4.69, 9.17) is 5.11 Å². The van der Waals surface area contributed by atoms with Gasteiger partial charge in [-0.15, -0.1) is 0 Å². The van der Waals surface area contributed by atoms with E-state index in [2.05, 4.69) is 4.74 Å². The van der Waals surface area contributed by atoms with Crippen LogP contribution in [0, 0.1) is 0 Å². The molecule has 0 saturated carbocycles. The number of fused-ring (bicyclic) bond motifs is 1. The minimum absolute atomic E-state index is 0.445. The topological polar surface area (TPSA) is 66.8 Å². The summed E-state index contributed by atoms with van der Waals surface area (Å²) in [6.45, 7) is 0. The Morgan fingerprint density at radius 2 is 1.81 bits per heavy atom. The van der Waals surface area contributed by atoms with Crippen LogP contribution in [0.4, 0.5) is 4.79 Å². The van der Waals surface area contributed by atoms with E-state index in [9.17, 15) is 9.90 Å². The maximum atomic E-state index is 10.3. The van der Waals surface area contributed by atoms with Crippen LogP contribution in [0.1, 0.15) is 11.9 Å². The molecule has 4 heteroatoms. The van der Waals surface area contributed by atoms with Gasteiger partial charge in [-0.05, 0) is 10.8 Å². The average molecular weight is 218 g/mol. The van der Waals surface area contributed by atoms with Gasteiger partial charge in [-0.1, -0.05) is 42.5 Å². The van der Waals surface area contributed by atoms with Crippen molar-refractivity contribution >= 4 is 16.9 Å². The first kappa shape index (κ1) is 10.4. The van der Waals surface area contributed by atoms with Gasteiger partial charge in [-0.3, -0.25) is 0 Å². The molecule has 2 aromatic carbocycles. The highest BCUT2D eigenvalue weighted by atomic mass is 16.7. The number of hydrogen-bond acceptors (Lipinski definition) is 3. The summed E-state index contributed by atoms with van der Waals surface area (Å²) in [6, 6.07) is 12.6. The van der Waals surface area contributed by atoms with Crippen LogP contribution in [-0.2, 0) is 4.74 Å². The van der Waals surface area contributed by atoms with E-state index in [0.29, 0.717) is 5.56 Å². The van der Waals surface area contributed by atoms with Crippen molar-refractivity contribution in [2.45, 2.75) is 6.29 Å². The maximum Gasteiger partial charge on any atom is 0.508 e. The van der Waals surface area contributed by atoms with Gasteiger partial charge in [0.05, 0.1) is 0 Å². The second-order valence-corrected chi connectivity index (χ2v) is 3.30. The molecule has 0 aliphatic rings. The van der Waals surface area contributed by atoms with Crippen LogP contribution in [0.3, 0.4) is 0 Å². The van der Waals surface area contributed by atoms with E-state index in [1.54, 1.807) is 18.2 Å². The van der Waals surface area contributed by atoms with Gasteiger partial charge in [-0.2, -0.15) is 0 Å². The lowest BCUT2D eigenvalue weighted by atomic mass is 10.0. The van der Waals surface area contributed by atoms with Crippen molar-refractivity contribution in [2.24, 2.45) is 0 Å². The summed E-state index contributed by atoms with van der Waals surface area (Å²) in [7, 11) is 0. The highest BCUT2D eigenvalue weighted by Crippen LogP contribution is 2.24. The Kier molecular flexibility index (Phi) is 2.74. The lowest BCUT2D eigenvalue weighted by molar-refractivity contribution is -0.0723. The monoisotopic (exact) mass is 218 g/mol. The maximum absolute atomic E-state index is 10.3. The van der Waals surface area contributed by atoms with Crippen LogP contribution in [0.25, 0.3) is 10.8 Å². The van der Waals surface area contributed by atoms with E-state index in [1.165, 1.54) is 0 Å². The third-order valence-electron chi connectivity index (χ3n) is 2.30. The highest BCUT2D eigenvalue weighted by molar-refractivity contribution is 5.85. The van der Waals surface area contributed by atoms with Gasteiger partial charge in [0.25, 0.3) is 0 Å². The molecule has 2 rings (SSSR count). The van der Waals surface area contributed by atoms with Gasteiger partial charge in [0.1, 0.15) is 0 Å². The molecule has 0 radical (unpaired) electrons. The SMILES string of the molecule is O=C(O)OC(O)c1cccc2ccccc12. The number of benzene rings is 2. The van der Waals surface area contributed by atoms with Crippen molar-refractivity contribution in [3.63, 3.8) is 0 Å². The molecule has 2 N–H and O–H groups in total. The molecule has 16 heavy (non-hydrogen) atoms. The predicted octanol–water partition coefficient (Wildman–Crippen LogP) is 2.53. The molecule has 0 amide bonds. The number of aliphatic hydroxyl groups is 1. The van der Waals surface area contributed by atoms with Crippen molar-refractivity contribution in [3.05, 3.63) is 48.0 Å². The van der Waals surface area contributed by atoms with E-state index < -0.39 is 12.4 Å². The first-order valence-corrected chi connectivity index (χ1v) is 4.74. The molecule has 1 atom stereocenters. The molecule has 82 valence electrons. The molecule has 0 spiro atoms. The van der Waals surface area contributed by atoms with Crippen molar-refractivity contribution in [1.29, 1.82) is 0 Å². The average Bonchev–Trinajstić information content (AvgIpc) is 2.27. The lowest BCUT2D eigenvalue weighted by Gasteiger charge is -2.12. The molecule has 0 aliphatic carbocycles. The lowest BCUT2D eigenvalue weighted by Crippen LogP contribution is -2.08. The molecule has 0 saturated heterocycles. The van der Waals surface area contributed by atoms with Crippen LogP contribution in [0.15, 0.2) is 42.5 Å². The predicted molar refractivity (Wildman–Crippen MR) is 58.0 cm³/mol. The summed E-state index contributed by atoms with van der Waals surface area (Å²) in [5.74, 6) is 0. The zero-order valence-corrected chi connectivity index (χ0v) is 8.33. The Hall–Kier alpha value is -2.07. The normalized spacial score (nSPS) is 12.3. The van der Waals surface area contributed by atoms with Gasteiger partial charge in [0, 0.05) is 5.56 Å². The smallest absolute Gasteiger partial charge is 0.450 e. The van der Waals surface area contributed by atoms with Crippen LogP contribution >= 0.6 is 0 Å². The molecule has 4 nitrogen and oxygen atoms in total. The summed E-state index contributed by atoms with van der Waals surface area (Å²) in [5, 5.41) is 19.7. The Morgan fingerprint density at radius 3 is 2.56 bits per heavy atom. The molecule has 0 aromatic heterocycles. The largest absolute Gasteiger partial charge is 0.508 e. The number of carbonyl (C=O) groups is 1. The zero-order chi connectivity index (χ0) is 11.5. The summed E-state index contributed by atoms with van der Waals surface area (Å²) in [4.78, 5) is 10.3. The van der Waals surface area contributed by atoms with E-state index in [0.717, 1.165) is 10.8 Å². The number of aliphatic hydroxyl groups excluding tert-OH is 1. The number of rotatable bonds is 2. The summed E-state index contributed by atoms with van der Waals surface area (Å²) in [6.07, 6.45) is -2.95. The summed E-state index contributed by atoms with van der Waals surface area (Å²) >= 11 is 0. The fourth-order valence-corrected chi connectivity index (χ4v) is 1.62. The molecule has 0 aliphatic heterocycles. The summed E-state index contributed by atoms with van der Waals surface area (Å²) < 4.78 is 4.32. The standard InChI is InChI=1S/C12H10O4/c13-11(16-12(14)15)10-7-3-5-8-4-1-2-6-9(8)10/h1-7,11,13H,(H,14,15). The fraction of sp³-hybridized carbons (Fsp3) is 0.0833. The number of carboxylic acid groups (broad SMARTS) is 1. The van der Waals surface area contributed by atoms with Gasteiger partial charge in [0.2, 0.25) is 6.29 Å². The molecular weight excluding hydrogens is 208 g/mol. The minimum atomic E-state index is -1.50. The molecule has 1 unspecified atom stereocenters. The third kappa shape index (κ3) is 1.97. The van der Waals surface area contributed by atoms with Crippen LogP contribution in [0.5, 0.6) is 0 Å². The van der Waals surface area contributed by atoms with Crippen molar-refractivity contribution < 1.29 is 19.7 Å². The highest BCUT2D eigenvalue weighted by Gasteiger charge is 2.14.